The molecule has 0 N–H and O–H groups in total. The maximum atomic E-state index is 4.78. The summed E-state index contributed by atoms with van der Waals surface area (Å²) >= 11 is 0. The highest BCUT2D eigenvalue weighted by Crippen LogP contribution is 2.05. The van der Waals surface area contributed by atoms with Gasteiger partial charge in [-0.15, -0.1) is 0 Å². The second kappa shape index (κ2) is 6.22. The van der Waals surface area contributed by atoms with Crippen LogP contribution in [-0.2, 0) is 26.2 Å². The molecule has 1 aliphatic heterocycles. The molecular formula is C20H18N6. The summed E-state index contributed by atoms with van der Waals surface area (Å²) in [5.74, 6) is 0. The third-order valence-electron chi connectivity index (χ3n) is 4.43. The molecule has 4 aromatic heterocycles. The maximum absolute atomic E-state index is 4.78. The van der Waals surface area contributed by atoms with Gasteiger partial charge < -0.3 is 18.3 Å². The van der Waals surface area contributed by atoms with Crippen molar-refractivity contribution < 1.29 is 9.13 Å². The lowest BCUT2D eigenvalue weighted by molar-refractivity contribution is -0.692. The zero-order valence-corrected chi connectivity index (χ0v) is 14.3. The lowest BCUT2D eigenvalue weighted by Crippen LogP contribution is -2.33. The molecule has 128 valence electrons. The summed E-state index contributed by atoms with van der Waals surface area (Å²) in [6.07, 6.45) is 14.8. The fourth-order valence-electron chi connectivity index (χ4n) is 3.25. The molecular weight excluding hydrogens is 324 g/mol. The first-order valence-corrected chi connectivity index (χ1v) is 8.66. The highest BCUT2D eigenvalue weighted by molar-refractivity contribution is 5.12. The number of aromatic nitrogens is 6. The average Bonchev–Trinajstić information content (AvgIpc) is 3.24. The van der Waals surface area contributed by atoms with E-state index in [2.05, 4.69) is 49.1 Å². The quantitative estimate of drug-likeness (QED) is 0.308. The predicted octanol–water partition coefficient (Wildman–Crippen LogP) is 0.762. The number of imidazole rings is 2. The van der Waals surface area contributed by atoms with E-state index < -0.39 is 0 Å². The first kappa shape index (κ1) is 15.0. The Balaban J connectivity index is 1.57. The van der Waals surface area contributed by atoms with Gasteiger partial charge in [0.05, 0.1) is 22.8 Å². The summed E-state index contributed by atoms with van der Waals surface area (Å²) in [5.41, 5.74) is 4.09. The third-order valence-corrected chi connectivity index (χ3v) is 4.43. The van der Waals surface area contributed by atoms with Crippen LogP contribution in [0.3, 0.4) is 0 Å². The number of hydrogen-bond acceptors (Lipinski definition) is 2. The molecule has 0 atom stereocenters. The van der Waals surface area contributed by atoms with E-state index in [0.29, 0.717) is 26.2 Å². The van der Waals surface area contributed by atoms with Crippen molar-refractivity contribution in [1.29, 1.82) is 0 Å². The lowest BCUT2D eigenvalue weighted by Gasteiger charge is -2.07. The van der Waals surface area contributed by atoms with Gasteiger partial charge in [-0.25, -0.2) is 9.97 Å². The Morgan fingerprint density at radius 2 is 1.15 bits per heavy atom. The smallest absolute Gasteiger partial charge is 0.204 e. The van der Waals surface area contributed by atoms with Crippen LogP contribution in [0.4, 0.5) is 0 Å². The Labute approximate surface area is 151 Å². The summed E-state index contributed by atoms with van der Waals surface area (Å²) in [5, 5.41) is 0. The molecule has 0 amide bonds. The molecule has 0 radical (unpaired) electrons. The third kappa shape index (κ3) is 3.13. The van der Waals surface area contributed by atoms with Gasteiger partial charge >= 0.3 is 0 Å². The zero-order chi connectivity index (χ0) is 17.3. The Morgan fingerprint density at radius 1 is 0.692 bits per heavy atom. The van der Waals surface area contributed by atoms with E-state index in [-0.39, 0.29) is 0 Å². The van der Waals surface area contributed by atoms with Crippen molar-refractivity contribution in [1.82, 2.24) is 19.1 Å². The fraction of sp³-hybridized carbons (Fsp3) is 0.200. The molecule has 0 saturated heterocycles. The van der Waals surface area contributed by atoms with Crippen molar-refractivity contribution in [3.05, 3.63) is 96.6 Å². The molecule has 6 nitrogen and oxygen atoms in total. The van der Waals surface area contributed by atoms with Crippen molar-refractivity contribution in [3.8, 4) is 0 Å². The van der Waals surface area contributed by atoms with Gasteiger partial charge in [-0.1, -0.05) is 12.1 Å². The normalized spacial score (nSPS) is 13.5. The topological polar surface area (TPSA) is 43.4 Å². The average molecular weight is 342 g/mol. The minimum absolute atomic E-state index is 0.698. The van der Waals surface area contributed by atoms with Crippen molar-refractivity contribution in [2.75, 3.05) is 0 Å². The van der Waals surface area contributed by atoms with Crippen LogP contribution < -0.4 is 9.13 Å². The second-order valence-electron chi connectivity index (χ2n) is 6.55. The molecule has 0 aliphatic carbocycles. The number of hydrogen-bond donors (Lipinski definition) is 0. The van der Waals surface area contributed by atoms with E-state index >= 15 is 0 Å². The first-order chi connectivity index (χ1) is 12.8. The minimum atomic E-state index is 0.698. The van der Waals surface area contributed by atoms with Gasteiger partial charge in [0.15, 0.2) is 0 Å². The van der Waals surface area contributed by atoms with Gasteiger partial charge in [0, 0.05) is 0 Å². The van der Waals surface area contributed by atoms with E-state index in [1.54, 1.807) is 0 Å². The molecule has 4 aromatic rings. The van der Waals surface area contributed by atoms with Crippen LogP contribution in [0.25, 0.3) is 0 Å². The number of rotatable bonds is 0. The van der Waals surface area contributed by atoms with Gasteiger partial charge in [-0.2, -0.15) is 0 Å². The first-order valence-electron chi connectivity index (χ1n) is 8.66. The van der Waals surface area contributed by atoms with Crippen LogP contribution >= 0.6 is 0 Å². The van der Waals surface area contributed by atoms with Crippen molar-refractivity contribution in [2.45, 2.75) is 26.2 Å². The number of nitrogens with zero attached hydrogens (tertiary/aromatic N) is 6. The van der Waals surface area contributed by atoms with Gasteiger partial charge in [0.2, 0.25) is 12.7 Å². The molecule has 5 heterocycles. The summed E-state index contributed by atoms with van der Waals surface area (Å²) in [4.78, 5) is 9.56. The zero-order valence-electron chi connectivity index (χ0n) is 14.3. The molecule has 0 aromatic carbocycles. The van der Waals surface area contributed by atoms with Crippen LogP contribution in [0, 0.1) is 12.7 Å². The predicted molar refractivity (Wildman–Crippen MR) is 91.8 cm³/mol. The standard InChI is InChI=1S/C20H18N6/c1-3-17-11-23-7-9-25(15-23)13-19-5-2-6-20(22-19)14-26-10-8-24(16-26)12-18(4-1)21-17/h1-10H,11-14H2. The fourth-order valence-corrected chi connectivity index (χ4v) is 3.25. The molecule has 0 saturated carbocycles. The molecule has 0 fully saturated rings. The molecule has 8 bridgehead atoms. The molecule has 5 rings (SSSR count). The van der Waals surface area contributed by atoms with Crippen molar-refractivity contribution >= 4 is 0 Å². The Bertz CT molecular complexity index is 904. The second-order valence-corrected chi connectivity index (χ2v) is 6.55. The van der Waals surface area contributed by atoms with Gasteiger partial charge in [0.25, 0.3) is 0 Å². The maximum Gasteiger partial charge on any atom is 0.204 e. The Kier molecular flexibility index (Phi) is 3.59. The molecule has 26 heavy (non-hydrogen) atoms. The largest absolute Gasteiger partial charge is 0.346 e. The Morgan fingerprint density at radius 3 is 1.65 bits per heavy atom. The van der Waals surface area contributed by atoms with E-state index in [1.807, 2.05) is 43.1 Å². The summed E-state index contributed by atoms with van der Waals surface area (Å²) in [6.45, 7) is 2.79. The lowest BCUT2D eigenvalue weighted by atomic mass is 10.3. The SMILES string of the molecule is [c-]1n2cc[n+]1Cc1cccc(n1)Cn1[c-][n+](cc1)Cc1cccc(n1)C2. The minimum Gasteiger partial charge on any atom is -0.346 e. The molecule has 1 aliphatic rings. The molecule has 0 spiro atoms. The summed E-state index contributed by atoms with van der Waals surface area (Å²) in [6, 6.07) is 12.3. The summed E-state index contributed by atoms with van der Waals surface area (Å²) in [7, 11) is 0. The van der Waals surface area contributed by atoms with E-state index in [1.165, 1.54) is 0 Å². The van der Waals surface area contributed by atoms with Crippen LogP contribution in [0.1, 0.15) is 22.8 Å². The van der Waals surface area contributed by atoms with E-state index in [4.69, 9.17) is 9.97 Å². The van der Waals surface area contributed by atoms with Crippen molar-refractivity contribution in [2.24, 2.45) is 0 Å². The van der Waals surface area contributed by atoms with Crippen LogP contribution in [0.2, 0.25) is 0 Å². The number of fused-ring (bicyclic) bond motifs is 8. The molecule has 0 unspecified atom stereocenters. The van der Waals surface area contributed by atoms with Crippen molar-refractivity contribution in [3.63, 3.8) is 0 Å². The molecule has 6 heteroatoms. The van der Waals surface area contributed by atoms with Gasteiger partial charge in [-0.3, -0.25) is 0 Å². The van der Waals surface area contributed by atoms with Crippen LogP contribution in [0.5, 0.6) is 0 Å². The van der Waals surface area contributed by atoms with Gasteiger partial charge in [-0.05, 0) is 49.1 Å². The summed E-state index contributed by atoms with van der Waals surface area (Å²) < 4.78 is 8.10. The number of pyridine rings is 2. The van der Waals surface area contributed by atoms with E-state index in [0.717, 1.165) is 22.8 Å². The monoisotopic (exact) mass is 342 g/mol. The van der Waals surface area contributed by atoms with Gasteiger partial charge in [0.1, 0.15) is 26.2 Å². The Hall–Kier alpha value is -3.28. The van der Waals surface area contributed by atoms with E-state index in [9.17, 15) is 0 Å². The highest BCUT2D eigenvalue weighted by atomic mass is 15.1. The van der Waals surface area contributed by atoms with Crippen LogP contribution in [-0.4, -0.2) is 19.1 Å². The van der Waals surface area contributed by atoms with Crippen LogP contribution in [0.15, 0.2) is 61.2 Å². The highest BCUT2D eigenvalue weighted by Gasteiger charge is 2.07.